The number of amides is 1. The average molecular weight is 315 g/mol. The molecule has 0 aliphatic rings. The summed E-state index contributed by atoms with van der Waals surface area (Å²) in [5.41, 5.74) is 3.21. The molecular formula is C17H15ClN2O2. The van der Waals surface area contributed by atoms with E-state index in [9.17, 15) is 4.79 Å². The molecule has 5 heteroatoms. The molecule has 0 saturated heterocycles. The number of hydrogen-bond acceptors (Lipinski definition) is 2. The molecule has 4 nitrogen and oxygen atoms in total. The first kappa shape index (κ1) is 14.5. The zero-order chi connectivity index (χ0) is 15.7. The van der Waals surface area contributed by atoms with Crippen molar-refractivity contribution in [2.75, 3.05) is 12.4 Å². The lowest BCUT2D eigenvalue weighted by Gasteiger charge is -2.07. The first-order valence-corrected chi connectivity index (χ1v) is 7.19. The molecule has 2 aromatic carbocycles. The number of benzene rings is 2. The Labute approximate surface area is 133 Å². The molecule has 0 atom stereocenters. The van der Waals surface area contributed by atoms with E-state index >= 15 is 0 Å². The van der Waals surface area contributed by atoms with Gasteiger partial charge in [-0.25, -0.2) is 0 Å². The lowest BCUT2D eigenvalue weighted by atomic mass is 10.2. The smallest absolute Gasteiger partial charge is 0.272 e. The second kappa shape index (κ2) is 5.73. The minimum absolute atomic E-state index is 0.213. The van der Waals surface area contributed by atoms with E-state index in [2.05, 4.69) is 10.3 Å². The number of nitrogens with one attached hydrogen (secondary N) is 2. The van der Waals surface area contributed by atoms with Crippen LogP contribution in [-0.2, 0) is 0 Å². The molecular weight excluding hydrogens is 300 g/mol. The number of rotatable bonds is 3. The van der Waals surface area contributed by atoms with Gasteiger partial charge in [0, 0.05) is 16.6 Å². The van der Waals surface area contributed by atoms with Crippen molar-refractivity contribution in [1.82, 2.24) is 4.98 Å². The number of halogens is 1. The van der Waals surface area contributed by atoms with Crippen LogP contribution in [0.5, 0.6) is 5.75 Å². The Hall–Kier alpha value is -2.46. The average Bonchev–Trinajstić information content (AvgIpc) is 2.90. The number of aromatic nitrogens is 1. The number of carbonyl (C=O) groups excluding carboxylic acids is 1. The van der Waals surface area contributed by atoms with Gasteiger partial charge in [0.05, 0.1) is 12.1 Å². The number of ether oxygens (including phenoxy) is 1. The normalized spacial score (nSPS) is 10.7. The van der Waals surface area contributed by atoms with E-state index in [1.807, 2.05) is 31.2 Å². The quantitative estimate of drug-likeness (QED) is 0.753. The van der Waals surface area contributed by atoms with E-state index in [1.165, 1.54) is 0 Å². The van der Waals surface area contributed by atoms with E-state index in [0.717, 1.165) is 16.5 Å². The van der Waals surface area contributed by atoms with Gasteiger partial charge in [0.2, 0.25) is 0 Å². The van der Waals surface area contributed by atoms with Gasteiger partial charge in [-0.15, -0.1) is 0 Å². The van der Waals surface area contributed by atoms with Crippen molar-refractivity contribution in [3.8, 4) is 5.75 Å². The van der Waals surface area contributed by atoms with E-state index in [4.69, 9.17) is 16.3 Å². The van der Waals surface area contributed by atoms with Gasteiger partial charge in [-0.05, 0) is 43.3 Å². The standard InChI is InChI=1S/C17H15ClN2O2/c1-10-3-5-14-11(7-10)8-15(20-14)17(21)19-12-4-6-16(22-2)13(18)9-12/h3-9,20H,1-2H3,(H,19,21). The predicted octanol–water partition coefficient (Wildman–Crippen LogP) is 4.39. The zero-order valence-corrected chi connectivity index (χ0v) is 13.0. The number of fused-ring (bicyclic) bond motifs is 1. The van der Waals surface area contributed by atoms with Crippen molar-refractivity contribution in [3.05, 3.63) is 58.7 Å². The van der Waals surface area contributed by atoms with E-state index in [0.29, 0.717) is 22.2 Å². The third-order valence-corrected chi connectivity index (χ3v) is 3.73. The lowest BCUT2D eigenvalue weighted by molar-refractivity contribution is 0.102. The number of methoxy groups -OCH3 is 1. The molecule has 0 aliphatic carbocycles. The van der Waals surface area contributed by atoms with E-state index in [-0.39, 0.29) is 5.91 Å². The van der Waals surface area contributed by atoms with Gasteiger partial charge in [0.15, 0.2) is 0 Å². The van der Waals surface area contributed by atoms with Gasteiger partial charge in [0.1, 0.15) is 11.4 Å². The number of carbonyl (C=O) groups is 1. The van der Waals surface area contributed by atoms with E-state index in [1.54, 1.807) is 25.3 Å². The third kappa shape index (κ3) is 2.78. The van der Waals surface area contributed by atoms with Gasteiger partial charge in [-0.2, -0.15) is 0 Å². The minimum Gasteiger partial charge on any atom is -0.495 e. The molecule has 0 aliphatic heterocycles. The zero-order valence-electron chi connectivity index (χ0n) is 12.2. The molecule has 2 N–H and O–H groups in total. The molecule has 0 fully saturated rings. The number of aromatic amines is 1. The van der Waals surface area contributed by atoms with Gasteiger partial charge >= 0.3 is 0 Å². The van der Waals surface area contributed by atoms with Gasteiger partial charge in [0.25, 0.3) is 5.91 Å². The first-order valence-electron chi connectivity index (χ1n) is 6.81. The second-order valence-corrected chi connectivity index (χ2v) is 5.48. The highest BCUT2D eigenvalue weighted by molar-refractivity contribution is 6.32. The summed E-state index contributed by atoms with van der Waals surface area (Å²) >= 11 is 6.06. The molecule has 112 valence electrons. The van der Waals surface area contributed by atoms with Crippen LogP contribution in [0, 0.1) is 6.92 Å². The van der Waals surface area contributed by atoms with Crippen LogP contribution < -0.4 is 10.1 Å². The third-order valence-electron chi connectivity index (χ3n) is 3.43. The maximum atomic E-state index is 12.3. The predicted molar refractivity (Wildman–Crippen MR) is 89.0 cm³/mol. The molecule has 0 radical (unpaired) electrons. The number of hydrogen-bond donors (Lipinski definition) is 2. The summed E-state index contributed by atoms with van der Waals surface area (Å²) in [4.78, 5) is 15.4. The summed E-state index contributed by atoms with van der Waals surface area (Å²) in [6.07, 6.45) is 0. The maximum Gasteiger partial charge on any atom is 0.272 e. The molecule has 3 rings (SSSR count). The van der Waals surface area contributed by atoms with Crippen LogP contribution in [0.2, 0.25) is 5.02 Å². The first-order chi connectivity index (χ1) is 10.6. The second-order valence-electron chi connectivity index (χ2n) is 5.08. The Morgan fingerprint density at radius 1 is 1.18 bits per heavy atom. The summed E-state index contributed by atoms with van der Waals surface area (Å²) in [7, 11) is 1.55. The van der Waals surface area contributed by atoms with Crippen molar-refractivity contribution in [2.24, 2.45) is 0 Å². The Balaban J connectivity index is 1.85. The minimum atomic E-state index is -0.213. The molecule has 0 unspecified atom stereocenters. The highest BCUT2D eigenvalue weighted by Crippen LogP contribution is 2.27. The van der Waals surface area contributed by atoms with Crippen LogP contribution in [0.3, 0.4) is 0 Å². The highest BCUT2D eigenvalue weighted by Gasteiger charge is 2.11. The fraction of sp³-hybridized carbons (Fsp3) is 0.118. The molecule has 0 spiro atoms. The Kier molecular flexibility index (Phi) is 3.77. The topological polar surface area (TPSA) is 54.1 Å². The Bertz CT molecular complexity index is 855. The van der Waals surface area contributed by atoms with Crippen LogP contribution in [0.15, 0.2) is 42.5 Å². The van der Waals surface area contributed by atoms with Crippen LogP contribution in [-0.4, -0.2) is 18.0 Å². The fourth-order valence-corrected chi connectivity index (χ4v) is 2.57. The molecule has 0 saturated carbocycles. The molecule has 1 aromatic heterocycles. The molecule has 3 aromatic rings. The fourth-order valence-electron chi connectivity index (χ4n) is 2.32. The molecule has 22 heavy (non-hydrogen) atoms. The lowest BCUT2D eigenvalue weighted by Crippen LogP contribution is -2.12. The number of anilines is 1. The van der Waals surface area contributed by atoms with Crippen molar-refractivity contribution in [2.45, 2.75) is 6.92 Å². The van der Waals surface area contributed by atoms with Crippen molar-refractivity contribution in [3.63, 3.8) is 0 Å². The Morgan fingerprint density at radius 3 is 2.73 bits per heavy atom. The molecule has 1 amide bonds. The van der Waals surface area contributed by atoms with Crippen LogP contribution in [0.25, 0.3) is 10.9 Å². The number of aryl methyl sites for hydroxylation is 1. The Morgan fingerprint density at radius 2 is 2.00 bits per heavy atom. The SMILES string of the molecule is COc1ccc(NC(=O)c2cc3cc(C)ccc3[nH]2)cc1Cl. The molecule has 0 bridgehead atoms. The van der Waals surface area contributed by atoms with Crippen molar-refractivity contribution in [1.29, 1.82) is 0 Å². The summed E-state index contributed by atoms with van der Waals surface area (Å²) in [6, 6.07) is 13.0. The van der Waals surface area contributed by atoms with E-state index < -0.39 is 0 Å². The summed E-state index contributed by atoms with van der Waals surface area (Å²) in [5.74, 6) is 0.357. The van der Waals surface area contributed by atoms with Crippen LogP contribution in [0.1, 0.15) is 16.1 Å². The van der Waals surface area contributed by atoms with Gasteiger partial charge in [-0.1, -0.05) is 23.2 Å². The summed E-state index contributed by atoms with van der Waals surface area (Å²) < 4.78 is 5.09. The molecule has 1 heterocycles. The van der Waals surface area contributed by atoms with Crippen molar-refractivity contribution >= 4 is 34.1 Å². The van der Waals surface area contributed by atoms with Gasteiger partial charge in [-0.3, -0.25) is 4.79 Å². The van der Waals surface area contributed by atoms with Crippen molar-refractivity contribution < 1.29 is 9.53 Å². The largest absolute Gasteiger partial charge is 0.495 e. The summed E-state index contributed by atoms with van der Waals surface area (Å²) in [6.45, 7) is 2.02. The van der Waals surface area contributed by atoms with Gasteiger partial charge < -0.3 is 15.0 Å². The monoisotopic (exact) mass is 314 g/mol. The van der Waals surface area contributed by atoms with Crippen LogP contribution in [0.4, 0.5) is 5.69 Å². The number of H-pyrrole nitrogens is 1. The van der Waals surface area contributed by atoms with Crippen LogP contribution >= 0.6 is 11.6 Å². The highest BCUT2D eigenvalue weighted by atomic mass is 35.5. The maximum absolute atomic E-state index is 12.3. The summed E-state index contributed by atoms with van der Waals surface area (Å²) in [5, 5.41) is 4.28.